The monoisotopic (exact) mass is 326 g/mol. The molecule has 1 saturated heterocycles. The van der Waals surface area contributed by atoms with Gasteiger partial charge in [-0.15, -0.1) is 0 Å². The molecule has 1 saturated carbocycles. The van der Waals surface area contributed by atoms with Crippen molar-refractivity contribution in [3.8, 4) is 0 Å². The van der Waals surface area contributed by atoms with E-state index in [2.05, 4.69) is 17.1 Å². The van der Waals surface area contributed by atoms with Crippen molar-refractivity contribution in [2.75, 3.05) is 13.1 Å². The van der Waals surface area contributed by atoms with Crippen LogP contribution in [-0.4, -0.2) is 28.9 Å². The molecule has 3 nitrogen and oxygen atoms in total. The van der Waals surface area contributed by atoms with E-state index in [0.29, 0.717) is 5.92 Å². The van der Waals surface area contributed by atoms with Crippen LogP contribution < -0.4 is 0 Å². The summed E-state index contributed by atoms with van der Waals surface area (Å²) < 4.78 is 0. The molecule has 2 aliphatic rings. The zero-order chi connectivity index (χ0) is 15.9. The second-order valence-corrected chi connectivity index (χ2v) is 7.04. The molecular weight excluding hydrogens is 308 g/mol. The first-order valence-electron chi connectivity index (χ1n) is 8.14. The van der Waals surface area contributed by atoms with E-state index in [1.165, 1.54) is 5.56 Å². The van der Waals surface area contributed by atoms with Crippen LogP contribution in [0.3, 0.4) is 0 Å². The molecule has 2 heterocycles. The molecule has 0 spiro atoms. The molecule has 23 heavy (non-hydrogen) atoms. The number of hydrogen-bond acceptors (Lipinski definition) is 2. The van der Waals surface area contributed by atoms with Gasteiger partial charge in [-0.1, -0.05) is 23.7 Å². The summed E-state index contributed by atoms with van der Waals surface area (Å²) in [6, 6.07) is 11.9. The summed E-state index contributed by atoms with van der Waals surface area (Å²) in [4.78, 5) is 19.2. The van der Waals surface area contributed by atoms with Gasteiger partial charge in [0.1, 0.15) is 0 Å². The van der Waals surface area contributed by atoms with Crippen molar-refractivity contribution in [2.45, 2.75) is 30.6 Å². The predicted molar refractivity (Wildman–Crippen MR) is 90.5 cm³/mol. The summed E-state index contributed by atoms with van der Waals surface area (Å²) in [6.45, 7) is 1.67. The Kier molecular flexibility index (Phi) is 3.61. The lowest BCUT2D eigenvalue weighted by Gasteiger charge is -2.24. The lowest BCUT2D eigenvalue weighted by atomic mass is 9.94. The number of nitrogens with zero attached hydrogens (tertiary/aromatic N) is 2. The van der Waals surface area contributed by atoms with E-state index in [9.17, 15) is 4.79 Å². The van der Waals surface area contributed by atoms with Crippen LogP contribution in [0.5, 0.6) is 0 Å². The Hall–Kier alpha value is -1.87. The summed E-state index contributed by atoms with van der Waals surface area (Å²) in [7, 11) is 0. The molecule has 1 aromatic carbocycles. The van der Waals surface area contributed by atoms with Crippen LogP contribution in [0.15, 0.2) is 48.8 Å². The van der Waals surface area contributed by atoms with Crippen LogP contribution in [0, 0.1) is 0 Å². The zero-order valence-electron chi connectivity index (χ0n) is 12.9. The summed E-state index contributed by atoms with van der Waals surface area (Å²) in [5.41, 5.74) is 2.10. The maximum absolute atomic E-state index is 13.1. The quantitative estimate of drug-likeness (QED) is 0.860. The van der Waals surface area contributed by atoms with E-state index >= 15 is 0 Å². The van der Waals surface area contributed by atoms with Gasteiger partial charge >= 0.3 is 0 Å². The van der Waals surface area contributed by atoms with Crippen LogP contribution >= 0.6 is 11.6 Å². The van der Waals surface area contributed by atoms with Crippen LogP contribution in [0.1, 0.15) is 36.3 Å². The highest BCUT2D eigenvalue weighted by atomic mass is 35.5. The van der Waals surface area contributed by atoms with Gasteiger partial charge in [0.25, 0.3) is 0 Å². The topological polar surface area (TPSA) is 33.2 Å². The fraction of sp³-hybridized carbons (Fsp3) is 0.368. The number of carbonyl (C=O) groups is 1. The number of likely N-dealkylation sites (tertiary alicyclic amines) is 1. The first-order valence-corrected chi connectivity index (χ1v) is 8.52. The van der Waals surface area contributed by atoms with E-state index in [4.69, 9.17) is 11.6 Å². The van der Waals surface area contributed by atoms with Crippen LogP contribution in [0.25, 0.3) is 0 Å². The van der Waals surface area contributed by atoms with Gasteiger partial charge in [0, 0.05) is 36.4 Å². The largest absolute Gasteiger partial charge is 0.341 e. The van der Waals surface area contributed by atoms with Gasteiger partial charge in [0.15, 0.2) is 0 Å². The Morgan fingerprint density at radius 2 is 1.83 bits per heavy atom. The first kappa shape index (κ1) is 14.7. The SMILES string of the molecule is O=C(N1CCC(c2ccncc2)C1)C1(c2ccc(Cl)cc2)CC1. The van der Waals surface area contributed by atoms with Crippen LogP contribution in [0.2, 0.25) is 5.02 Å². The molecule has 1 atom stereocenters. The van der Waals surface area contributed by atoms with Gasteiger partial charge in [-0.05, 0) is 54.7 Å². The third-order valence-electron chi connectivity index (χ3n) is 5.21. The second-order valence-electron chi connectivity index (χ2n) is 6.61. The highest BCUT2D eigenvalue weighted by molar-refractivity contribution is 6.30. The number of benzene rings is 1. The summed E-state index contributed by atoms with van der Waals surface area (Å²) in [5.74, 6) is 0.722. The fourth-order valence-corrected chi connectivity index (χ4v) is 3.80. The molecule has 1 aliphatic heterocycles. The predicted octanol–water partition coefficient (Wildman–Crippen LogP) is 3.78. The van der Waals surface area contributed by atoms with Crippen molar-refractivity contribution in [1.82, 2.24) is 9.88 Å². The number of halogens is 1. The Labute approximate surface area is 141 Å². The van der Waals surface area contributed by atoms with Gasteiger partial charge in [-0.2, -0.15) is 0 Å². The standard InChI is InChI=1S/C19H19ClN2O/c20-17-3-1-16(2-4-17)19(8-9-19)18(23)22-12-7-15(13-22)14-5-10-21-11-6-14/h1-6,10-11,15H,7-9,12-13H2. The number of aromatic nitrogens is 1. The third-order valence-corrected chi connectivity index (χ3v) is 5.46. The summed E-state index contributed by atoms with van der Waals surface area (Å²) in [5, 5.41) is 0.718. The lowest BCUT2D eigenvalue weighted by molar-refractivity contribution is -0.132. The van der Waals surface area contributed by atoms with E-state index < -0.39 is 0 Å². The maximum Gasteiger partial charge on any atom is 0.233 e. The van der Waals surface area contributed by atoms with Crippen molar-refractivity contribution >= 4 is 17.5 Å². The highest BCUT2D eigenvalue weighted by Gasteiger charge is 2.53. The maximum atomic E-state index is 13.1. The van der Waals surface area contributed by atoms with Crippen molar-refractivity contribution in [2.24, 2.45) is 0 Å². The van der Waals surface area contributed by atoms with Gasteiger partial charge in [0.2, 0.25) is 5.91 Å². The highest BCUT2D eigenvalue weighted by Crippen LogP contribution is 2.50. The molecule has 0 radical (unpaired) electrons. The normalized spacial score (nSPS) is 22.1. The Morgan fingerprint density at radius 3 is 2.48 bits per heavy atom. The number of amides is 1. The molecule has 1 amide bonds. The Bertz CT molecular complexity index is 710. The summed E-state index contributed by atoms with van der Waals surface area (Å²) in [6.07, 6.45) is 6.59. The fourth-order valence-electron chi connectivity index (χ4n) is 3.68. The minimum absolute atomic E-state index is 0.288. The molecule has 4 rings (SSSR count). The number of hydrogen-bond donors (Lipinski definition) is 0. The minimum atomic E-state index is -0.294. The second kappa shape index (κ2) is 5.64. The number of pyridine rings is 1. The van der Waals surface area contributed by atoms with Crippen molar-refractivity contribution in [3.63, 3.8) is 0 Å². The molecule has 4 heteroatoms. The van der Waals surface area contributed by atoms with Crippen molar-refractivity contribution in [3.05, 3.63) is 64.9 Å². The van der Waals surface area contributed by atoms with Gasteiger partial charge in [-0.25, -0.2) is 0 Å². The lowest BCUT2D eigenvalue weighted by Crippen LogP contribution is -2.37. The first-order chi connectivity index (χ1) is 11.2. The molecule has 2 aromatic rings. The summed E-state index contributed by atoms with van der Waals surface area (Å²) >= 11 is 5.98. The van der Waals surface area contributed by atoms with E-state index in [1.807, 2.05) is 41.6 Å². The molecule has 1 aliphatic carbocycles. The molecule has 1 aromatic heterocycles. The van der Waals surface area contributed by atoms with Gasteiger partial charge < -0.3 is 4.90 Å². The van der Waals surface area contributed by atoms with Crippen LogP contribution in [0.4, 0.5) is 0 Å². The van der Waals surface area contributed by atoms with Crippen molar-refractivity contribution in [1.29, 1.82) is 0 Å². The number of carbonyl (C=O) groups excluding carboxylic acids is 1. The molecule has 0 bridgehead atoms. The van der Waals surface area contributed by atoms with E-state index in [1.54, 1.807) is 0 Å². The average Bonchev–Trinajstić information content (AvgIpc) is 3.25. The molecule has 2 fully saturated rings. The molecule has 1 unspecified atom stereocenters. The third kappa shape index (κ3) is 2.63. The Balaban J connectivity index is 1.51. The molecule has 118 valence electrons. The smallest absolute Gasteiger partial charge is 0.233 e. The average molecular weight is 327 g/mol. The van der Waals surface area contributed by atoms with E-state index in [0.717, 1.165) is 42.9 Å². The molecular formula is C19H19ClN2O. The zero-order valence-corrected chi connectivity index (χ0v) is 13.7. The van der Waals surface area contributed by atoms with Crippen molar-refractivity contribution < 1.29 is 4.79 Å². The van der Waals surface area contributed by atoms with E-state index in [-0.39, 0.29) is 11.3 Å². The Morgan fingerprint density at radius 1 is 1.13 bits per heavy atom. The molecule has 0 N–H and O–H groups in total. The van der Waals surface area contributed by atoms with Gasteiger partial charge in [0.05, 0.1) is 5.41 Å². The van der Waals surface area contributed by atoms with Crippen LogP contribution in [-0.2, 0) is 10.2 Å². The number of rotatable bonds is 3. The van der Waals surface area contributed by atoms with Gasteiger partial charge in [-0.3, -0.25) is 9.78 Å². The minimum Gasteiger partial charge on any atom is -0.341 e.